The Kier molecular flexibility index (Phi) is 7.58. The molecule has 0 saturated carbocycles. The van der Waals surface area contributed by atoms with Crippen molar-refractivity contribution in [2.75, 3.05) is 42.4 Å². The number of halogens is 4. The number of ether oxygens (including phenoxy) is 1. The molecule has 0 atom stereocenters. The van der Waals surface area contributed by atoms with Gasteiger partial charge in [-0.15, -0.1) is 0 Å². The van der Waals surface area contributed by atoms with Crippen LogP contribution in [0.25, 0.3) is 0 Å². The van der Waals surface area contributed by atoms with Crippen molar-refractivity contribution in [3.8, 4) is 5.75 Å². The van der Waals surface area contributed by atoms with Crippen LogP contribution in [0.5, 0.6) is 5.75 Å². The van der Waals surface area contributed by atoms with Crippen LogP contribution in [0.15, 0.2) is 77.7 Å². The molecule has 1 saturated heterocycles. The number of carbonyl (C=O) groups excluding carboxylic acids is 1. The van der Waals surface area contributed by atoms with Gasteiger partial charge in [0.15, 0.2) is 6.61 Å². The minimum absolute atomic E-state index is 0.180. The van der Waals surface area contributed by atoms with Crippen LogP contribution >= 0.6 is 0 Å². The Morgan fingerprint density at radius 3 is 2.19 bits per heavy atom. The average Bonchev–Trinajstić information content (AvgIpc) is 2.87. The van der Waals surface area contributed by atoms with Crippen LogP contribution in [-0.4, -0.2) is 52.0 Å². The maximum Gasteiger partial charge on any atom is 0.416 e. The molecule has 4 rings (SSSR count). The second-order valence-electron chi connectivity index (χ2n) is 8.29. The van der Waals surface area contributed by atoms with E-state index in [0.717, 1.165) is 17.8 Å². The number of benzene rings is 3. The van der Waals surface area contributed by atoms with Crippen molar-refractivity contribution < 1.29 is 35.5 Å². The van der Waals surface area contributed by atoms with Gasteiger partial charge in [0.2, 0.25) is 0 Å². The Bertz CT molecular complexity index is 1340. The number of alkyl halides is 3. The maximum atomic E-state index is 13.1. The highest BCUT2D eigenvalue weighted by atomic mass is 32.2. The molecule has 0 spiro atoms. The second kappa shape index (κ2) is 10.7. The van der Waals surface area contributed by atoms with Gasteiger partial charge in [-0.05, 0) is 66.7 Å². The summed E-state index contributed by atoms with van der Waals surface area (Å²) in [5.74, 6) is -0.287. The van der Waals surface area contributed by atoms with E-state index in [1.165, 1.54) is 42.5 Å². The largest absolute Gasteiger partial charge is 0.484 e. The third-order valence-corrected chi connectivity index (χ3v) is 7.16. The molecule has 37 heavy (non-hydrogen) atoms. The van der Waals surface area contributed by atoms with Crippen LogP contribution < -0.4 is 14.4 Å². The number of nitrogens with zero attached hydrogens (tertiary/aromatic N) is 2. The minimum atomic E-state index is -4.60. The molecule has 1 aliphatic heterocycles. The summed E-state index contributed by atoms with van der Waals surface area (Å²) in [7, 11) is -4.14. The zero-order chi connectivity index (χ0) is 26.6. The van der Waals surface area contributed by atoms with Crippen molar-refractivity contribution in [1.29, 1.82) is 0 Å². The molecule has 0 aliphatic carbocycles. The number of hydrogen-bond donors (Lipinski definition) is 1. The molecule has 1 amide bonds. The second-order valence-corrected chi connectivity index (χ2v) is 9.97. The molecule has 196 valence electrons. The van der Waals surface area contributed by atoms with Crippen molar-refractivity contribution in [1.82, 2.24) is 4.90 Å². The van der Waals surface area contributed by atoms with Crippen LogP contribution in [-0.2, 0) is 21.0 Å². The highest BCUT2D eigenvalue weighted by Crippen LogP contribution is 2.31. The first kappa shape index (κ1) is 26.3. The number of sulfonamides is 1. The lowest BCUT2D eigenvalue weighted by molar-refractivity contribution is -0.137. The molecule has 0 aromatic heterocycles. The highest BCUT2D eigenvalue weighted by molar-refractivity contribution is 7.92. The Balaban J connectivity index is 1.29. The Labute approximate surface area is 211 Å². The normalized spacial score (nSPS) is 14.4. The van der Waals surface area contributed by atoms with Gasteiger partial charge in [-0.1, -0.05) is 6.07 Å². The number of amides is 1. The highest BCUT2D eigenvalue weighted by Gasteiger charge is 2.30. The van der Waals surface area contributed by atoms with E-state index < -0.39 is 21.8 Å². The van der Waals surface area contributed by atoms with Gasteiger partial charge in [-0.3, -0.25) is 9.52 Å². The summed E-state index contributed by atoms with van der Waals surface area (Å²) in [6.45, 7) is 1.87. The molecule has 3 aromatic carbocycles. The number of rotatable bonds is 7. The van der Waals surface area contributed by atoms with Crippen molar-refractivity contribution >= 4 is 27.3 Å². The third-order valence-electron chi connectivity index (χ3n) is 5.76. The van der Waals surface area contributed by atoms with Gasteiger partial charge < -0.3 is 14.5 Å². The Morgan fingerprint density at radius 1 is 0.919 bits per heavy atom. The van der Waals surface area contributed by atoms with E-state index in [0.29, 0.717) is 32.2 Å². The summed E-state index contributed by atoms with van der Waals surface area (Å²) < 4.78 is 84.5. The number of hydrogen-bond acceptors (Lipinski definition) is 5. The number of piperazine rings is 1. The van der Waals surface area contributed by atoms with E-state index in [4.69, 9.17) is 4.74 Å². The van der Waals surface area contributed by atoms with E-state index in [1.807, 2.05) is 0 Å². The quantitative estimate of drug-likeness (QED) is 0.453. The Hall–Kier alpha value is -3.80. The molecular weight excluding hydrogens is 514 g/mol. The molecule has 0 bridgehead atoms. The first-order valence-electron chi connectivity index (χ1n) is 11.2. The number of carbonyl (C=O) groups is 1. The van der Waals surface area contributed by atoms with Gasteiger partial charge in [-0.25, -0.2) is 12.8 Å². The third kappa shape index (κ3) is 6.70. The smallest absolute Gasteiger partial charge is 0.416 e. The van der Waals surface area contributed by atoms with Gasteiger partial charge in [0.05, 0.1) is 10.5 Å². The summed E-state index contributed by atoms with van der Waals surface area (Å²) in [5, 5.41) is 0. The topological polar surface area (TPSA) is 78.9 Å². The van der Waals surface area contributed by atoms with Gasteiger partial charge in [0.25, 0.3) is 15.9 Å². The zero-order valence-electron chi connectivity index (χ0n) is 19.4. The van der Waals surface area contributed by atoms with E-state index in [1.54, 1.807) is 17.0 Å². The predicted molar refractivity (Wildman–Crippen MR) is 129 cm³/mol. The van der Waals surface area contributed by atoms with Crippen LogP contribution in [0.2, 0.25) is 0 Å². The van der Waals surface area contributed by atoms with Gasteiger partial charge >= 0.3 is 6.18 Å². The average molecular weight is 538 g/mol. The molecule has 0 unspecified atom stereocenters. The zero-order valence-corrected chi connectivity index (χ0v) is 20.2. The lowest BCUT2D eigenvalue weighted by Crippen LogP contribution is -2.50. The van der Waals surface area contributed by atoms with E-state index in [9.17, 15) is 30.8 Å². The standard InChI is InChI=1S/C25H23F4N3O4S/c26-19-4-6-21(7-5-19)31-12-14-32(15-13-31)24(33)17-36-22-8-10-23(11-9-22)37(34,35)30-20-3-1-2-18(16-20)25(27,28)29/h1-11,16,30H,12-15,17H2. The molecule has 1 N–H and O–H groups in total. The Morgan fingerprint density at radius 2 is 1.57 bits per heavy atom. The van der Waals surface area contributed by atoms with Gasteiger partial charge in [-0.2, -0.15) is 13.2 Å². The van der Waals surface area contributed by atoms with Crippen molar-refractivity contribution in [3.05, 3.63) is 84.2 Å². The van der Waals surface area contributed by atoms with Crippen LogP contribution in [0, 0.1) is 5.82 Å². The predicted octanol–water partition coefficient (Wildman–Crippen LogP) is 4.37. The van der Waals surface area contributed by atoms with E-state index in [-0.39, 0.29) is 34.7 Å². The van der Waals surface area contributed by atoms with Crippen LogP contribution in [0.1, 0.15) is 5.56 Å². The lowest BCUT2D eigenvalue weighted by atomic mass is 10.2. The van der Waals surface area contributed by atoms with Gasteiger partial charge in [0, 0.05) is 37.6 Å². The molecule has 3 aromatic rings. The first-order valence-corrected chi connectivity index (χ1v) is 12.7. The fourth-order valence-corrected chi connectivity index (χ4v) is 4.84. The summed E-state index contributed by atoms with van der Waals surface area (Å²) in [4.78, 5) is 16.1. The van der Waals surface area contributed by atoms with Crippen LogP contribution in [0.3, 0.4) is 0 Å². The molecule has 7 nitrogen and oxygen atoms in total. The molecule has 1 heterocycles. The number of anilines is 2. The minimum Gasteiger partial charge on any atom is -0.484 e. The SMILES string of the molecule is O=C(COc1ccc(S(=O)(=O)Nc2cccc(C(F)(F)F)c2)cc1)N1CCN(c2ccc(F)cc2)CC1. The molecule has 0 radical (unpaired) electrons. The van der Waals surface area contributed by atoms with Gasteiger partial charge in [0.1, 0.15) is 11.6 Å². The molecular formula is C25H23F4N3O4S. The number of nitrogens with one attached hydrogen (secondary N) is 1. The monoisotopic (exact) mass is 537 g/mol. The van der Waals surface area contributed by atoms with Crippen molar-refractivity contribution in [2.45, 2.75) is 11.1 Å². The molecule has 12 heteroatoms. The van der Waals surface area contributed by atoms with Crippen LogP contribution in [0.4, 0.5) is 28.9 Å². The van der Waals surface area contributed by atoms with E-state index >= 15 is 0 Å². The first-order chi connectivity index (χ1) is 17.5. The molecule has 1 aliphatic rings. The molecule has 1 fully saturated rings. The summed E-state index contributed by atoms with van der Waals surface area (Å²) >= 11 is 0. The maximum absolute atomic E-state index is 13.1. The van der Waals surface area contributed by atoms with Crippen molar-refractivity contribution in [2.24, 2.45) is 0 Å². The summed E-state index contributed by atoms with van der Waals surface area (Å²) in [6, 6.07) is 15.2. The fourth-order valence-electron chi connectivity index (χ4n) is 3.79. The van der Waals surface area contributed by atoms with Crippen molar-refractivity contribution in [3.63, 3.8) is 0 Å². The fraction of sp³-hybridized carbons (Fsp3) is 0.240. The van der Waals surface area contributed by atoms with E-state index in [2.05, 4.69) is 9.62 Å². The lowest BCUT2D eigenvalue weighted by Gasteiger charge is -2.36. The summed E-state index contributed by atoms with van der Waals surface area (Å²) in [6.07, 6.45) is -4.60. The summed E-state index contributed by atoms with van der Waals surface area (Å²) in [5.41, 5.74) is -0.319.